The summed E-state index contributed by atoms with van der Waals surface area (Å²) in [5, 5.41) is 0. The first-order chi connectivity index (χ1) is 5.27. The van der Waals surface area contributed by atoms with E-state index in [0.29, 0.717) is 12.3 Å². The largest absolute Gasteiger partial charge is 0.295 e. The van der Waals surface area contributed by atoms with E-state index in [1.165, 1.54) is 17.6 Å². The smallest absolute Gasteiger partial charge is 0.159 e. The highest BCUT2D eigenvalue weighted by molar-refractivity contribution is 5.94. The molecule has 2 rings (SSSR count). The Morgan fingerprint density at radius 3 is 3.18 bits per heavy atom. The number of carbonyl (C=O) groups is 1. The molecule has 0 bridgehead atoms. The van der Waals surface area contributed by atoms with E-state index in [2.05, 4.69) is 13.0 Å². The van der Waals surface area contributed by atoms with Gasteiger partial charge in [0, 0.05) is 6.42 Å². The van der Waals surface area contributed by atoms with Crippen LogP contribution in [0, 0.1) is 5.92 Å². The van der Waals surface area contributed by atoms with Crippen LogP contribution in [-0.4, -0.2) is 5.78 Å². The van der Waals surface area contributed by atoms with Gasteiger partial charge in [0.15, 0.2) is 5.78 Å². The molecule has 2 aliphatic rings. The molecular formula is C10H12O. The summed E-state index contributed by atoms with van der Waals surface area (Å²) in [5.41, 5.74) is 2.73. The number of hydrogen-bond donors (Lipinski definition) is 0. The minimum absolute atomic E-state index is 0.276. The van der Waals surface area contributed by atoms with Crippen molar-refractivity contribution < 1.29 is 4.79 Å². The zero-order chi connectivity index (χ0) is 7.84. The lowest BCUT2D eigenvalue weighted by atomic mass is 9.96. The van der Waals surface area contributed by atoms with Gasteiger partial charge in [-0.2, -0.15) is 0 Å². The van der Waals surface area contributed by atoms with Crippen LogP contribution in [0.4, 0.5) is 0 Å². The zero-order valence-corrected chi connectivity index (χ0v) is 6.76. The van der Waals surface area contributed by atoms with Gasteiger partial charge in [0.1, 0.15) is 0 Å². The van der Waals surface area contributed by atoms with Gasteiger partial charge in [0.25, 0.3) is 0 Å². The Kier molecular flexibility index (Phi) is 1.45. The lowest BCUT2D eigenvalue weighted by molar-refractivity contribution is -0.114. The molecule has 2 aliphatic carbocycles. The molecule has 0 heterocycles. The van der Waals surface area contributed by atoms with E-state index in [0.717, 1.165) is 6.42 Å². The number of rotatable bonds is 0. The summed E-state index contributed by atoms with van der Waals surface area (Å²) in [6, 6.07) is 0. The molecule has 0 aliphatic heterocycles. The second-order valence-corrected chi connectivity index (χ2v) is 3.44. The SMILES string of the molecule is CC1CCC2=CC(=O)CC=C21. The first-order valence-electron chi connectivity index (χ1n) is 4.21. The molecule has 1 atom stereocenters. The molecule has 58 valence electrons. The van der Waals surface area contributed by atoms with Gasteiger partial charge in [0.05, 0.1) is 0 Å². The maximum Gasteiger partial charge on any atom is 0.159 e. The summed E-state index contributed by atoms with van der Waals surface area (Å²) >= 11 is 0. The Hall–Kier alpha value is -0.850. The summed E-state index contributed by atoms with van der Waals surface area (Å²) in [6.07, 6.45) is 6.90. The molecule has 0 spiro atoms. The number of ketones is 1. The van der Waals surface area contributed by atoms with E-state index in [9.17, 15) is 4.79 Å². The topological polar surface area (TPSA) is 17.1 Å². The Morgan fingerprint density at radius 2 is 2.36 bits per heavy atom. The van der Waals surface area contributed by atoms with Gasteiger partial charge < -0.3 is 0 Å². The third-order valence-corrected chi connectivity index (χ3v) is 2.61. The standard InChI is InChI=1S/C10H12O/c1-7-2-3-8-6-9(11)4-5-10(7)8/h5-7H,2-4H2,1H3. The predicted octanol–water partition coefficient (Wildman–Crippen LogP) is 2.24. The van der Waals surface area contributed by atoms with Crippen LogP contribution in [0.15, 0.2) is 23.3 Å². The van der Waals surface area contributed by atoms with E-state index in [1.807, 2.05) is 6.08 Å². The van der Waals surface area contributed by atoms with Crippen molar-refractivity contribution in [3.05, 3.63) is 23.3 Å². The summed E-state index contributed by atoms with van der Waals surface area (Å²) in [5.74, 6) is 0.965. The fourth-order valence-electron chi connectivity index (χ4n) is 1.94. The molecule has 0 aromatic carbocycles. The minimum Gasteiger partial charge on any atom is -0.295 e. The second-order valence-electron chi connectivity index (χ2n) is 3.44. The van der Waals surface area contributed by atoms with Crippen LogP contribution >= 0.6 is 0 Å². The molecule has 0 N–H and O–H groups in total. The maximum absolute atomic E-state index is 11.0. The van der Waals surface area contributed by atoms with Crippen LogP contribution in [0.2, 0.25) is 0 Å². The van der Waals surface area contributed by atoms with Crippen LogP contribution in [0.1, 0.15) is 26.2 Å². The molecular weight excluding hydrogens is 136 g/mol. The highest BCUT2D eigenvalue weighted by atomic mass is 16.1. The van der Waals surface area contributed by atoms with Crippen LogP contribution in [0.3, 0.4) is 0 Å². The van der Waals surface area contributed by atoms with Crippen molar-refractivity contribution in [2.45, 2.75) is 26.2 Å². The van der Waals surface area contributed by atoms with Crippen molar-refractivity contribution in [2.75, 3.05) is 0 Å². The van der Waals surface area contributed by atoms with E-state index >= 15 is 0 Å². The van der Waals surface area contributed by atoms with E-state index in [-0.39, 0.29) is 5.78 Å². The minimum atomic E-state index is 0.276. The van der Waals surface area contributed by atoms with Gasteiger partial charge in [0.2, 0.25) is 0 Å². The Morgan fingerprint density at radius 1 is 1.55 bits per heavy atom. The molecule has 11 heavy (non-hydrogen) atoms. The van der Waals surface area contributed by atoms with Crippen molar-refractivity contribution >= 4 is 5.78 Å². The van der Waals surface area contributed by atoms with Crippen molar-refractivity contribution in [2.24, 2.45) is 5.92 Å². The van der Waals surface area contributed by atoms with Crippen LogP contribution < -0.4 is 0 Å². The number of hydrogen-bond acceptors (Lipinski definition) is 1. The van der Waals surface area contributed by atoms with Crippen molar-refractivity contribution in [3.63, 3.8) is 0 Å². The first kappa shape index (κ1) is 6.84. The second kappa shape index (κ2) is 2.33. The molecule has 0 aromatic rings. The molecule has 0 amide bonds. The van der Waals surface area contributed by atoms with Crippen molar-refractivity contribution in [3.8, 4) is 0 Å². The maximum atomic E-state index is 11.0. The molecule has 1 unspecified atom stereocenters. The number of allylic oxidation sites excluding steroid dienone is 4. The summed E-state index contributed by atoms with van der Waals surface area (Å²) < 4.78 is 0. The van der Waals surface area contributed by atoms with E-state index in [1.54, 1.807) is 0 Å². The van der Waals surface area contributed by atoms with Crippen molar-refractivity contribution in [1.29, 1.82) is 0 Å². The summed E-state index contributed by atoms with van der Waals surface area (Å²) in [6.45, 7) is 2.24. The predicted molar refractivity (Wildman–Crippen MR) is 44.2 cm³/mol. The summed E-state index contributed by atoms with van der Waals surface area (Å²) in [4.78, 5) is 11.0. The third-order valence-electron chi connectivity index (χ3n) is 2.61. The Bertz CT molecular complexity index is 258. The monoisotopic (exact) mass is 148 g/mol. The van der Waals surface area contributed by atoms with Crippen LogP contribution in [0.5, 0.6) is 0 Å². The highest BCUT2D eigenvalue weighted by Gasteiger charge is 2.24. The van der Waals surface area contributed by atoms with E-state index < -0.39 is 0 Å². The third kappa shape index (κ3) is 1.05. The molecule has 1 nitrogen and oxygen atoms in total. The van der Waals surface area contributed by atoms with Gasteiger partial charge in [-0.15, -0.1) is 0 Å². The molecule has 0 saturated heterocycles. The highest BCUT2D eigenvalue weighted by Crippen LogP contribution is 2.37. The zero-order valence-electron chi connectivity index (χ0n) is 6.76. The average molecular weight is 148 g/mol. The Labute approximate surface area is 66.8 Å². The quantitative estimate of drug-likeness (QED) is 0.515. The van der Waals surface area contributed by atoms with Crippen LogP contribution in [0.25, 0.3) is 0 Å². The molecule has 1 saturated carbocycles. The van der Waals surface area contributed by atoms with Gasteiger partial charge in [-0.3, -0.25) is 4.79 Å². The summed E-state index contributed by atoms with van der Waals surface area (Å²) in [7, 11) is 0. The average Bonchev–Trinajstić information content (AvgIpc) is 2.32. The molecule has 1 heteroatoms. The Balaban J connectivity index is 2.35. The van der Waals surface area contributed by atoms with Gasteiger partial charge >= 0.3 is 0 Å². The fraction of sp³-hybridized carbons (Fsp3) is 0.500. The van der Waals surface area contributed by atoms with Crippen molar-refractivity contribution in [1.82, 2.24) is 0 Å². The van der Waals surface area contributed by atoms with Gasteiger partial charge in [-0.25, -0.2) is 0 Å². The van der Waals surface area contributed by atoms with Crippen LogP contribution in [-0.2, 0) is 4.79 Å². The molecule has 0 aromatic heterocycles. The first-order valence-corrected chi connectivity index (χ1v) is 4.21. The lowest BCUT2D eigenvalue weighted by Crippen LogP contribution is -2.01. The van der Waals surface area contributed by atoms with Gasteiger partial charge in [-0.1, -0.05) is 13.0 Å². The van der Waals surface area contributed by atoms with Gasteiger partial charge in [-0.05, 0) is 36.0 Å². The normalized spacial score (nSPS) is 29.5. The molecule has 0 radical (unpaired) electrons. The van der Waals surface area contributed by atoms with E-state index in [4.69, 9.17) is 0 Å². The number of carbonyl (C=O) groups excluding carboxylic acids is 1. The lowest BCUT2D eigenvalue weighted by Gasteiger charge is -2.09. The molecule has 1 fully saturated rings. The number of fused-ring (bicyclic) bond motifs is 1. The fourth-order valence-corrected chi connectivity index (χ4v) is 1.94.